The molecule has 1 unspecified atom stereocenters. The lowest BCUT2D eigenvalue weighted by Crippen LogP contribution is -2.43. The molecule has 3 nitrogen and oxygen atoms in total. The maximum absolute atomic E-state index is 9.29. The standard InChI is InChI=1S/C12H18N2O/c1-9-2-3-10(8-15)11(6-9)12-7-13-4-5-14-12/h2-3,6,12-15H,4-5,7-8H2,1H3. The minimum atomic E-state index is 0.119. The van der Waals surface area contributed by atoms with Gasteiger partial charge in [-0.2, -0.15) is 0 Å². The van der Waals surface area contributed by atoms with Gasteiger partial charge in [-0.25, -0.2) is 0 Å². The predicted octanol–water partition coefficient (Wildman–Crippen LogP) is 0.721. The molecule has 1 aromatic rings. The zero-order valence-electron chi connectivity index (χ0n) is 9.09. The molecule has 0 amide bonds. The Morgan fingerprint density at radius 3 is 2.93 bits per heavy atom. The van der Waals surface area contributed by atoms with Crippen LogP contribution in [0.1, 0.15) is 22.7 Å². The first-order valence-corrected chi connectivity index (χ1v) is 5.45. The van der Waals surface area contributed by atoms with E-state index in [1.54, 1.807) is 0 Å². The van der Waals surface area contributed by atoms with Crippen LogP contribution in [0.3, 0.4) is 0 Å². The zero-order valence-corrected chi connectivity index (χ0v) is 9.09. The molecular formula is C12H18N2O. The van der Waals surface area contributed by atoms with Gasteiger partial charge in [0.1, 0.15) is 0 Å². The lowest BCUT2D eigenvalue weighted by Gasteiger charge is -2.26. The smallest absolute Gasteiger partial charge is 0.0685 e. The molecule has 0 saturated carbocycles. The van der Waals surface area contributed by atoms with Crippen molar-refractivity contribution in [3.05, 3.63) is 34.9 Å². The zero-order chi connectivity index (χ0) is 10.7. The van der Waals surface area contributed by atoms with Gasteiger partial charge in [0.15, 0.2) is 0 Å². The third-order valence-corrected chi connectivity index (χ3v) is 2.89. The van der Waals surface area contributed by atoms with Crippen LogP contribution in [0.25, 0.3) is 0 Å². The molecule has 0 aromatic heterocycles. The average Bonchev–Trinajstić information content (AvgIpc) is 2.30. The maximum Gasteiger partial charge on any atom is 0.0685 e. The number of rotatable bonds is 2. The first-order chi connectivity index (χ1) is 7.31. The van der Waals surface area contributed by atoms with Crippen molar-refractivity contribution in [1.82, 2.24) is 10.6 Å². The molecule has 0 radical (unpaired) electrons. The van der Waals surface area contributed by atoms with Crippen LogP contribution in [0.4, 0.5) is 0 Å². The molecule has 1 aliphatic heterocycles. The first-order valence-electron chi connectivity index (χ1n) is 5.45. The van der Waals surface area contributed by atoms with Gasteiger partial charge < -0.3 is 15.7 Å². The third kappa shape index (κ3) is 2.37. The van der Waals surface area contributed by atoms with Gasteiger partial charge in [0.05, 0.1) is 6.61 Å². The summed E-state index contributed by atoms with van der Waals surface area (Å²) in [6.45, 7) is 5.16. The summed E-state index contributed by atoms with van der Waals surface area (Å²) in [6, 6.07) is 6.56. The van der Waals surface area contributed by atoms with Gasteiger partial charge in [-0.1, -0.05) is 23.8 Å². The van der Waals surface area contributed by atoms with Crippen LogP contribution in [0.15, 0.2) is 18.2 Å². The van der Waals surface area contributed by atoms with Crippen molar-refractivity contribution in [3.8, 4) is 0 Å². The number of aryl methyl sites for hydroxylation is 1. The van der Waals surface area contributed by atoms with E-state index in [0.29, 0.717) is 6.04 Å². The fraction of sp³-hybridized carbons (Fsp3) is 0.500. The van der Waals surface area contributed by atoms with Crippen LogP contribution >= 0.6 is 0 Å². The second-order valence-corrected chi connectivity index (χ2v) is 4.07. The molecule has 1 aliphatic rings. The van der Waals surface area contributed by atoms with Crippen molar-refractivity contribution in [2.24, 2.45) is 0 Å². The van der Waals surface area contributed by atoms with E-state index in [1.807, 2.05) is 12.1 Å². The molecule has 0 spiro atoms. The third-order valence-electron chi connectivity index (χ3n) is 2.89. The summed E-state index contributed by atoms with van der Waals surface area (Å²) in [4.78, 5) is 0. The summed E-state index contributed by atoms with van der Waals surface area (Å²) in [6.07, 6.45) is 0. The summed E-state index contributed by atoms with van der Waals surface area (Å²) in [7, 11) is 0. The van der Waals surface area contributed by atoms with Crippen molar-refractivity contribution >= 4 is 0 Å². The van der Waals surface area contributed by atoms with Crippen LogP contribution in [-0.4, -0.2) is 24.7 Å². The second kappa shape index (κ2) is 4.75. The molecule has 1 saturated heterocycles. The average molecular weight is 206 g/mol. The minimum absolute atomic E-state index is 0.119. The fourth-order valence-corrected chi connectivity index (χ4v) is 2.06. The molecule has 0 bridgehead atoms. The Labute approximate surface area is 90.5 Å². The number of benzene rings is 1. The molecular weight excluding hydrogens is 188 g/mol. The number of aliphatic hydroxyl groups excluding tert-OH is 1. The Hall–Kier alpha value is -0.900. The van der Waals surface area contributed by atoms with Gasteiger partial charge in [0.2, 0.25) is 0 Å². The second-order valence-electron chi connectivity index (χ2n) is 4.07. The van der Waals surface area contributed by atoms with Gasteiger partial charge in [0.25, 0.3) is 0 Å². The van der Waals surface area contributed by atoms with Gasteiger partial charge >= 0.3 is 0 Å². The molecule has 3 N–H and O–H groups in total. The highest BCUT2D eigenvalue weighted by Crippen LogP contribution is 2.20. The molecule has 3 heteroatoms. The molecule has 1 atom stereocenters. The van der Waals surface area contributed by atoms with Crippen LogP contribution in [0.2, 0.25) is 0 Å². The number of hydrogen-bond donors (Lipinski definition) is 3. The quantitative estimate of drug-likeness (QED) is 0.668. The number of aliphatic hydroxyl groups is 1. The maximum atomic E-state index is 9.29. The summed E-state index contributed by atoms with van der Waals surface area (Å²) < 4.78 is 0. The lowest BCUT2D eigenvalue weighted by atomic mass is 9.97. The lowest BCUT2D eigenvalue weighted by molar-refractivity contribution is 0.278. The van der Waals surface area contributed by atoms with Gasteiger partial charge in [0, 0.05) is 25.7 Å². The molecule has 0 aliphatic carbocycles. The highest BCUT2D eigenvalue weighted by Gasteiger charge is 2.16. The van der Waals surface area contributed by atoms with E-state index in [-0.39, 0.29) is 6.61 Å². The minimum Gasteiger partial charge on any atom is -0.392 e. The van der Waals surface area contributed by atoms with Crippen molar-refractivity contribution in [2.75, 3.05) is 19.6 Å². The summed E-state index contributed by atoms with van der Waals surface area (Å²) in [5.74, 6) is 0. The van der Waals surface area contributed by atoms with Crippen LogP contribution < -0.4 is 10.6 Å². The molecule has 1 aromatic carbocycles. The van der Waals surface area contributed by atoms with E-state index < -0.39 is 0 Å². The largest absolute Gasteiger partial charge is 0.392 e. The van der Waals surface area contributed by atoms with E-state index in [1.165, 1.54) is 11.1 Å². The Morgan fingerprint density at radius 1 is 1.40 bits per heavy atom. The van der Waals surface area contributed by atoms with E-state index in [9.17, 15) is 5.11 Å². The summed E-state index contributed by atoms with van der Waals surface area (Å²) in [5.41, 5.74) is 3.50. The Balaban J connectivity index is 2.27. The molecule has 1 heterocycles. The highest BCUT2D eigenvalue weighted by atomic mass is 16.3. The Bertz CT molecular complexity index is 332. The topological polar surface area (TPSA) is 44.3 Å². The summed E-state index contributed by atoms with van der Waals surface area (Å²) >= 11 is 0. The van der Waals surface area contributed by atoms with Crippen LogP contribution in [0, 0.1) is 6.92 Å². The van der Waals surface area contributed by atoms with Crippen molar-refractivity contribution in [1.29, 1.82) is 0 Å². The Morgan fingerprint density at radius 2 is 2.27 bits per heavy atom. The van der Waals surface area contributed by atoms with Crippen LogP contribution in [0.5, 0.6) is 0 Å². The number of nitrogens with one attached hydrogen (secondary N) is 2. The van der Waals surface area contributed by atoms with Gasteiger partial charge in [-0.3, -0.25) is 0 Å². The van der Waals surface area contributed by atoms with Crippen molar-refractivity contribution in [2.45, 2.75) is 19.6 Å². The first kappa shape index (κ1) is 10.6. The summed E-state index contributed by atoms with van der Waals surface area (Å²) in [5, 5.41) is 16.1. The molecule has 82 valence electrons. The Kier molecular flexibility index (Phi) is 3.36. The molecule has 1 fully saturated rings. The fourth-order valence-electron chi connectivity index (χ4n) is 2.06. The van der Waals surface area contributed by atoms with E-state index >= 15 is 0 Å². The number of hydrogen-bond acceptors (Lipinski definition) is 3. The predicted molar refractivity (Wildman–Crippen MR) is 60.7 cm³/mol. The van der Waals surface area contributed by atoms with Crippen molar-refractivity contribution in [3.63, 3.8) is 0 Å². The van der Waals surface area contributed by atoms with E-state index in [4.69, 9.17) is 0 Å². The monoisotopic (exact) mass is 206 g/mol. The van der Waals surface area contributed by atoms with E-state index in [2.05, 4.69) is 23.6 Å². The molecule has 2 rings (SSSR count). The number of piperazine rings is 1. The normalized spacial score (nSPS) is 21.6. The van der Waals surface area contributed by atoms with Gasteiger partial charge in [-0.15, -0.1) is 0 Å². The van der Waals surface area contributed by atoms with Crippen LogP contribution in [-0.2, 0) is 6.61 Å². The van der Waals surface area contributed by atoms with E-state index in [0.717, 1.165) is 25.2 Å². The van der Waals surface area contributed by atoms with Crippen molar-refractivity contribution < 1.29 is 5.11 Å². The van der Waals surface area contributed by atoms with Gasteiger partial charge in [-0.05, 0) is 18.1 Å². The SMILES string of the molecule is Cc1ccc(CO)c(C2CNCCN2)c1. The highest BCUT2D eigenvalue weighted by molar-refractivity contribution is 5.34. The molecule has 15 heavy (non-hydrogen) atoms.